The zero-order chi connectivity index (χ0) is 13.2. The van der Waals surface area contributed by atoms with E-state index in [9.17, 15) is 0 Å². The number of thiol groups is 1. The molecule has 1 heterocycles. The molecule has 19 heavy (non-hydrogen) atoms. The molecule has 0 spiro atoms. The van der Waals surface area contributed by atoms with Gasteiger partial charge in [0.2, 0.25) is 0 Å². The largest absolute Gasteiger partial charge is 0.341 e. The van der Waals surface area contributed by atoms with Gasteiger partial charge in [-0.3, -0.25) is 0 Å². The van der Waals surface area contributed by atoms with E-state index in [1.807, 2.05) is 0 Å². The van der Waals surface area contributed by atoms with Gasteiger partial charge in [0.15, 0.2) is 0 Å². The molecule has 0 amide bonds. The summed E-state index contributed by atoms with van der Waals surface area (Å²) in [5.74, 6) is 0.773. The van der Waals surface area contributed by atoms with Gasteiger partial charge in [-0.1, -0.05) is 36.4 Å². The molecule has 0 unspecified atom stereocenters. The van der Waals surface area contributed by atoms with E-state index in [1.54, 1.807) is 0 Å². The minimum atomic E-state index is 0.773. The van der Waals surface area contributed by atoms with Gasteiger partial charge in [0.1, 0.15) is 0 Å². The van der Waals surface area contributed by atoms with Crippen LogP contribution in [0.25, 0.3) is 27.9 Å². The summed E-state index contributed by atoms with van der Waals surface area (Å²) in [5, 5.41) is 2.67. The summed E-state index contributed by atoms with van der Waals surface area (Å²) in [6, 6.07) is 15.3. The third-order valence-electron chi connectivity index (χ3n) is 3.53. The Morgan fingerprint density at radius 2 is 1.84 bits per heavy atom. The van der Waals surface area contributed by atoms with Crippen LogP contribution in [-0.2, 0) is 6.54 Å². The summed E-state index contributed by atoms with van der Waals surface area (Å²) in [6.45, 7) is 3.19. The smallest absolute Gasteiger partial charge is 0.0491 e. The van der Waals surface area contributed by atoms with Crippen molar-refractivity contribution in [2.75, 3.05) is 5.75 Å². The Bertz CT molecular complexity index is 752. The number of benzene rings is 2. The van der Waals surface area contributed by atoms with Crippen LogP contribution in [0.5, 0.6) is 0 Å². The van der Waals surface area contributed by atoms with Gasteiger partial charge in [-0.2, -0.15) is 12.6 Å². The molecule has 1 aromatic heterocycles. The summed E-state index contributed by atoms with van der Waals surface area (Å²) in [7, 11) is 0. The highest BCUT2D eigenvalue weighted by atomic mass is 32.1. The van der Waals surface area contributed by atoms with Crippen molar-refractivity contribution in [3.63, 3.8) is 0 Å². The summed E-state index contributed by atoms with van der Waals surface area (Å²) < 4.78 is 2.37. The number of rotatable bonds is 3. The van der Waals surface area contributed by atoms with Gasteiger partial charge in [-0.15, -0.1) is 0 Å². The first kappa shape index (κ1) is 12.4. The van der Waals surface area contributed by atoms with Crippen LogP contribution in [-0.4, -0.2) is 10.3 Å². The van der Waals surface area contributed by atoms with Crippen molar-refractivity contribution in [3.8, 4) is 0 Å². The Kier molecular flexibility index (Phi) is 3.34. The van der Waals surface area contributed by atoms with Crippen LogP contribution in [0.2, 0.25) is 0 Å². The van der Waals surface area contributed by atoms with E-state index < -0.39 is 0 Å². The molecule has 0 saturated carbocycles. The van der Waals surface area contributed by atoms with Crippen LogP contribution in [0.15, 0.2) is 48.5 Å². The van der Waals surface area contributed by atoms with Crippen LogP contribution < -0.4 is 0 Å². The fraction of sp³-hybridized carbons (Fsp3) is 0.176. The van der Waals surface area contributed by atoms with E-state index in [4.69, 9.17) is 0 Å². The van der Waals surface area contributed by atoms with Gasteiger partial charge in [0, 0.05) is 34.1 Å². The standard InChI is InChI=1S/C17H17NS/c1-2-18-16-8-4-3-7-14(16)15-12-13(6-5-11-19)9-10-17(15)18/h3-10,12,19H,2,11H2,1H3. The lowest BCUT2D eigenvalue weighted by Gasteiger charge is -2.02. The van der Waals surface area contributed by atoms with Crippen LogP contribution in [0.4, 0.5) is 0 Å². The SMILES string of the molecule is CCn1c2ccccc2c2cc(C=CCS)ccc21. The molecule has 3 aromatic rings. The second-order valence-corrected chi connectivity index (χ2v) is 4.99. The maximum Gasteiger partial charge on any atom is 0.0491 e. The molecule has 0 aliphatic carbocycles. The van der Waals surface area contributed by atoms with E-state index in [1.165, 1.54) is 27.4 Å². The lowest BCUT2D eigenvalue weighted by Crippen LogP contribution is -1.92. The van der Waals surface area contributed by atoms with Gasteiger partial charge >= 0.3 is 0 Å². The monoisotopic (exact) mass is 267 g/mol. The number of aromatic nitrogens is 1. The Morgan fingerprint density at radius 3 is 2.63 bits per heavy atom. The zero-order valence-corrected chi connectivity index (χ0v) is 11.9. The van der Waals surface area contributed by atoms with Crippen molar-refractivity contribution in [3.05, 3.63) is 54.1 Å². The molecular formula is C17H17NS. The molecule has 96 valence electrons. The molecule has 0 atom stereocenters. The molecule has 0 radical (unpaired) electrons. The van der Waals surface area contributed by atoms with E-state index >= 15 is 0 Å². The van der Waals surface area contributed by atoms with Crippen molar-refractivity contribution >= 4 is 40.5 Å². The van der Waals surface area contributed by atoms with Crippen molar-refractivity contribution in [1.29, 1.82) is 0 Å². The Labute approximate surface area is 119 Å². The summed E-state index contributed by atoms with van der Waals surface area (Å²) in [5.41, 5.74) is 3.86. The number of para-hydroxylation sites is 1. The molecule has 0 aliphatic rings. The maximum atomic E-state index is 4.21. The topological polar surface area (TPSA) is 4.93 Å². The van der Waals surface area contributed by atoms with E-state index in [2.05, 4.69) is 78.7 Å². The third kappa shape index (κ3) is 2.06. The number of hydrogen-bond acceptors (Lipinski definition) is 1. The first-order valence-corrected chi connectivity index (χ1v) is 7.26. The minimum Gasteiger partial charge on any atom is -0.341 e. The van der Waals surface area contributed by atoms with E-state index in [0.29, 0.717) is 0 Å². The number of hydrogen-bond donors (Lipinski definition) is 1. The molecule has 0 aliphatic heterocycles. The van der Waals surface area contributed by atoms with Crippen molar-refractivity contribution in [1.82, 2.24) is 4.57 Å². The van der Waals surface area contributed by atoms with Gasteiger partial charge in [0.05, 0.1) is 0 Å². The van der Waals surface area contributed by atoms with Crippen molar-refractivity contribution in [2.45, 2.75) is 13.5 Å². The molecule has 1 nitrogen and oxygen atoms in total. The third-order valence-corrected chi connectivity index (χ3v) is 3.74. The Morgan fingerprint density at radius 1 is 1.05 bits per heavy atom. The Balaban J connectivity index is 2.33. The average molecular weight is 267 g/mol. The fourth-order valence-corrected chi connectivity index (χ4v) is 2.81. The van der Waals surface area contributed by atoms with Gasteiger partial charge in [0.25, 0.3) is 0 Å². The van der Waals surface area contributed by atoms with E-state index in [0.717, 1.165) is 12.3 Å². The maximum absolute atomic E-state index is 4.21. The number of nitrogens with zero attached hydrogens (tertiary/aromatic N) is 1. The molecule has 0 N–H and O–H groups in total. The zero-order valence-electron chi connectivity index (χ0n) is 11.0. The molecule has 2 heteroatoms. The number of fused-ring (bicyclic) bond motifs is 3. The highest BCUT2D eigenvalue weighted by molar-refractivity contribution is 7.80. The van der Waals surface area contributed by atoms with E-state index in [-0.39, 0.29) is 0 Å². The predicted octanol–water partition coefficient (Wildman–Crippen LogP) is 4.76. The van der Waals surface area contributed by atoms with Crippen LogP contribution in [0.1, 0.15) is 12.5 Å². The summed E-state index contributed by atoms with van der Waals surface area (Å²) >= 11 is 4.21. The predicted molar refractivity (Wildman–Crippen MR) is 88.0 cm³/mol. The average Bonchev–Trinajstić information content (AvgIpc) is 2.78. The van der Waals surface area contributed by atoms with Crippen LogP contribution >= 0.6 is 12.6 Å². The summed E-state index contributed by atoms with van der Waals surface area (Å²) in [6.07, 6.45) is 4.20. The van der Waals surface area contributed by atoms with Crippen molar-refractivity contribution in [2.24, 2.45) is 0 Å². The Hall–Kier alpha value is -1.67. The first-order valence-electron chi connectivity index (χ1n) is 6.63. The van der Waals surface area contributed by atoms with Crippen LogP contribution in [0.3, 0.4) is 0 Å². The lowest BCUT2D eigenvalue weighted by molar-refractivity contribution is 0.827. The molecule has 0 fully saturated rings. The van der Waals surface area contributed by atoms with Gasteiger partial charge < -0.3 is 4.57 Å². The normalized spacial score (nSPS) is 11.9. The molecular weight excluding hydrogens is 250 g/mol. The quantitative estimate of drug-likeness (QED) is 0.653. The van der Waals surface area contributed by atoms with Crippen LogP contribution in [0, 0.1) is 0 Å². The second kappa shape index (κ2) is 5.14. The molecule has 3 rings (SSSR count). The molecule has 0 bridgehead atoms. The highest BCUT2D eigenvalue weighted by Gasteiger charge is 2.08. The van der Waals surface area contributed by atoms with Crippen molar-refractivity contribution < 1.29 is 0 Å². The fourth-order valence-electron chi connectivity index (χ4n) is 2.70. The first-order chi connectivity index (χ1) is 9.35. The molecule has 0 saturated heterocycles. The highest BCUT2D eigenvalue weighted by Crippen LogP contribution is 2.29. The summed E-state index contributed by atoms with van der Waals surface area (Å²) in [4.78, 5) is 0. The minimum absolute atomic E-state index is 0.773. The van der Waals surface area contributed by atoms with Gasteiger partial charge in [-0.25, -0.2) is 0 Å². The molecule has 2 aromatic carbocycles. The lowest BCUT2D eigenvalue weighted by atomic mass is 10.1. The number of aryl methyl sites for hydroxylation is 1. The second-order valence-electron chi connectivity index (χ2n) is 4.62. The van der Waals surface area contributed by atoms with Gasteiger partial charge in [-0.05, 0) is 30.7 Å².